The summed E-state index contributed by atoms with van der Waals surface area (Å²) in [5.74, 6) is 0. The third-order valence-corrected chi connectivity index (χ3v) is 18.8. The predicted octanol–water partition coefficient (Wildman–Crippen LogP) is 19.9. The second-order valence-corrected chi connectivity index (χ2v) is 24.8. The normalized spacial score (nSPS) is 11.3. The lowest BCUT2D eigenvalue weighted by Gasteiger charge is -2.31. The lowest BCUT2D eigenvalue weighted by Crippen LogP contribution is -2.58. The van der Waals surface area contributed by atoms with E-state index in [4.69, 9.17) is 9.97 Å². The Balaban J connectivity index is 0.000000160. The Bertz CT molecular complexity index is 4880. The molecule has 0 radical (unpaired) electrons. The summed E-state index contributed by atoms with van der Waals surface area (Å²) in [6.07, 6.45) is 11.5. The van der Waals surface area contributed by atoms with Crippen LogP contribution in [0.15, 0.2) is 262 Å². The highest BCUT2D eigenvalue weighted by Crippen LogP contribution is 2.41. The number of aryl methyl sites for hydroxylation is 6. The van der Waals surface area contributed by atoms with Crippen molar-refractivity contribution in [1.29, 1.82) is 0 Å². The molecule has 0 N–H and O–H groups in total. The standard InChI is InChI=1S/C44H28N2.C42H42BN3/c1-3-13-31(14-4-1)39-27-41(35-21-19-29-11-7-9-17-33(29)25-35)45-43-37(39)23-24-38-40(32-15-5-2-6-16-32)28-42(46-44(38)43)36-22-20-30-12-8-10-18-34(30)26-36;1-25-19-28(4)40(31(7)37(25)34-13-10-16-44-22-34)43(41-29(5)20-26(2)38(32(41)8)35-14-11-17-45-23-35)42-30(6)21-27(3)39(33(42)9)36-15-12-18-46-24-36/h1-28H;10-24H,1-9H3. The Hall–Kier alpha value is -10.9. The van der Waals surface area contributed by atoms with Crippen molar-refractivity contribution in [2.45, 2.75) is 62.3 Å². The van der Waals surface area contributed by atoms with Crippen LogP contribution in [-0.2, 0) is 0 Å². The number of hydrogen-bond acceptors (Lipinski definition) is 5. The summed E-state index contributed by atoms with van der Waals surface area (Å²) >= 11 is 0. The third-order valence-electron chi connectivity index (χ3n) is 18.8. The van der Waals surface area contributed by atoms with Crippen LogP contribution in [0.1, 0.15) is 50.1 Å². The molecule has 0 bridgehead atoms. The molecule has 10 aromatic carbocycles. The topological polar surface area (TPSA) is 64.5 Å². The van der Waals surface area contributed by atoms with Gasteiger partial charge in [0.15, 0.2) is 0 Å². The van der Waals surface area contributed by atoms with Crippen molar-refractivity contribution in [1.82, 2.24) is 24.9 Å². The Labute approximate surface area is 540 Å². The molecule has 442 valence electrons. The highest BCUT2D eigenvalue weighted by molar-refractivity contribution is 6.97. The first-order valence-corrected chi connectivity index (χ1v) is 31.8. The van der Waals surface area contributed by atoms with Gasteiger partial charge < -0.3 is 0 Å². The monoisotopic (exact) mass is 1180 g/mol. The second-order valence-electron chi connectivity index (χ2n) is 24.8. The van der Waals surface area contributed by atoms with Crippen molar-refractivity contribution in [3.05, 3.63) is 312 Å². The first kappa shape index (κ1) is 58.7. The molecule has 5 nitrogen and oxygen atoms in total. The van der Waals surface area contributed by atoms with E-state index in [1.54, 1.807) is 0 Å². The van der Waals surface area contributed by atoms with Gasteiger partial charge in [-0.05, 0) is 199 Å². The molecule has 0 saturated heterocycles. The summed E-state index contributed by atoms with van der Waals surface area (Å²) in [6.45, 7) is 20.5. The van der Waals surface area contributed by atoms with E-state index in [2.05, 4.69) is 284 Å². The molecule has 0 atom stereocenters. The molecule has 5 heterocycles. The average Bonchev–Trinajstić information content (AvgIpc) is 0.744. The molecule has 0 aliphatic rings. The average molecular weight is 1180 g/mol. The van der Waals surface area contributed by atoms with E-state index in [1.165, 1.54) is 105 Å². The first-order chi connectivity index (χ1) is 44.9. The number of benzene rings is 10. The summed E-state index contributed by atoms with van der Waals surface area (Å²) < 4.78 is 0. The minimum Gasteiger partial charge on any atom is -0.264 e. The molecule has 15 aromatic rings. The number of aromatic nitrogens is 5. The van der Waals surface area contributed by atoms with Crippen LogP contribution in [-0.4, -0.2) is 31.6 Å². The Kier molecular flexibility index (Phi) is 15.8. The number of rotatable bonds is 10. The van der Waals surface area contributed by atoms with Crippen molar-refractivity contribution < 1.29 is 0 Å². The van der Waals surface area contributed by atoms with Gasteiger partial charge in [0.2, 0.25) is 6.71 Å². The number of nitrogens with zero attached hydrogens (tertiary/aromatic N) is 5. The maximum absolute atomic E-state index is 5.42. The molecule has 0 spiro atoms. The van der Waals surface area contributed by atoms with Crippen LogP contribution >= 0.6 is 0 Å². The molecule has 5 aromatic heterocycles. The van der Waals surface area contributed by atoms with Crippen LogP contribution in [0.5, 0.6) is 0 Å². The fourth-order valence-electron chi connectivity index (χ4n) is 14.9. The van der Waals surface area contributed by atoms with Crippen LogP contribution in [0.4, 0.5) is 0 Å². The summed E-state index contributed by atoms with van der Waals surface area (Å²) in [6, 6.07) is 80.1. The summed E-state index contributed by atoms with van der Waals surface area (Å²) in [5.41, 5.74) is 33.5. The zero-order valence-electron chi connectivity index (χ0n) is 53.6. The molecule has 15 rings (SSSR count). The molecular weight excluding hydrogens is 1110 g/mol. The summed E-state index contributed by atoms with van der Waals surface area (Å²) in [5, 5.41) is 7.01. The number of fused-ring (bicyclic) bond motifs is 5. The van der Waals surface area contributed by atoms with Gasteiger partial charge in [-0.3, -0.25) is 15.0 Å². The molecule has 0 saturated carbocycles. The van der Waals surface area contributed by atoms with Gasteiger partial charge in [-0.1, -0.05) is 215 Å². The van der Waals surface area contributed by atoms with Gasteiger partial charge in [0.25, 0.3) is 0 Å². The molecular formula is C86H70BN5. The van der Waals surface area contributed by atoms with E-state index in [0.29, 0.717) is 0 Å². The second kappa shape index (κ2) is 24.8. The van der Waals surface area contributed by atoms with E-state index in [9.17, 15) is 0 Å². The smallest absolute Gasteiger partial charge is 0.243 e. The van der Waals surface area contributed by atoms with Crippen molar-refractivity contribution in [2.24, 2.45) is 0 Å². The molecule has 0 fully saturated rings. The zero-order valence-corrected chi connectivity index (χ0v) is 53.6. The SMILES string of the molecule is Cc1cc(C)c(-c2cccnc2)c(C)c1B(c1c(C)cc(C)c(-c2cccnc2)c1C)c1c(C)cc(C)c(-c2cccnc2)c1C.c1ccc(-c2cc(-c3ccc4ccccc4c3)nc3c2ccc2c(-c4ccccc4)cc(-c4ccc5ccccc5c4)nc23)cc1. The van der Waals surface area contributed by atoms with E-state index in [0.717, 1.165) is 83.3 Å². The van der Waals surface area contributed by atoms with Gasteiger partial charge in [0.1, 0.15) is 0 Å². The van der Waals surface area contributed by atoms with E-state index in [1.807, 2.05) is 55.4 Å². The van der Waals surface area contributed by atoms with Crippen LogP contribution < -0.4 is 16.4 Å². The highest BCUT2D eigenvalue weighted by atomic mass is 14.8. The first-order valence-electron chi connectivity index (χ1n) is 31.8. The Morgan fingerprint density at radius 2 is 0.587 bits per heavy atom. The fourth-order valence-corrected chi connectivity index (χ4v) is 14.9. The van der Waals surface area contributed by atoms with Crippen LogP contribution in [0, 0.1) is 62.3 Å². The molecule has 0 aliphatic heterocycles. The largest absolute Gasteiger partial charge is 0.264 e. The molecule has 0 unspecified atom stereocenters. The van der Waals surface area contributed by atoms with Gasteiger partial charge in [-0.2, -0.15) is 0 Å². The van der Waals surface area contributed by atoms with Crippen LogP contribution in [0.25, 0.3) is 122 Å². The molecule has 0 aliphatic carbocycles. The van der Waals surface area contributed by atoms with Crippen LogP contribution in [0.2, 0.25) is 0 Å². The van der Waals surface area contributed by atoms with Crippen LogP contribution in [0.3, 0.4) is 0 Å². The van der Waals surface area contributed by atoms with Crippen molar-refractivity contribution in [2.75, 3.05) is 0 Å². The van der Waals surface area contributed by atoms with E-state index in [-0.39, 0.29) is 6.71 Å². The number of pyridine rings is 5. The van der Waals surface area contributed by atoms with Gasteiger partial charge in [-0.15, -0.1) is 0 Å². The van der Waals surface area contributed by atoms with Crippen molar-refractivity contribution in [3.63, 3.8) is 0 Å². The number of hydrogen-bond donors (Lipinski definition) is 0. The maximum Gasteiger partial charge on any atom is 0.243 e. The highest BCUT2D eigenvalue weighted by Gasteiger charge is 2.34. The molecule has 92 heavy (non-hydrogen) atoms. The lowest BCUT2D eigenvalue weighted by atomic mass is 9.32. The van der Waals surface area contributed by atoms with Gasteiger partial charge >= 0.3 is 0 Å². The fraction of sp³-hybridized carbons (Fsp3) is 0.105. The van der Waals surface area contributed by atoms with Gasteiger partial charge in [0, 0.05) is 75.8 Å². The minimum atomic E-state index is 0.00284. The quantitative estimate of drug-likeness (QED) is 0.101. The predicted molar refractivity (Wildman–Crippen MR) is 390 cm³/mol. The van der Waals surface area contributed by atoms with Gasteiger partial charge in [0.05, 0.1) is 22.4 Å². The summed E-state index contributed by atoms with van der Waals surface area (Å²) in [4.78, 5) is 24.4. The Morgan fingerprint density at radius 1 is 0.261 bits per heavy atom. The zero-order chi connectivity index (χ0) is 63.1. The molecule has 6 heteroatoms. The van der Waals surface area contributed by atoms with E-state index < -0.39 is 0 Å². The van der Waals surface area contributed by atoms with Crippen molar-refractivity contribution >= 4 is 66.5 Å². The maximum atomic E-state index is 5.42. The van der Waals surface area contributed by atoms with Crippen molar-refractivity contribution in [3.8, 4) is 78.1 Å². The minimum absolute atomic E-state index is 0.00284. The van der Waals surface area contributed by atoms with Gasteiger partial charge in [-0.25, -0.2) is 9.97 Å². The lowest BCUT2D eigenvalue weighted by molar-refractivity contribution is 1.29. The van der Waals surface area contributed by atoms with E-state index >= 15 is 0 Å². The summed E-state index contributed by atoms with van der Waals surface area (Å²) in [7, 11) is 0. The Morgan fingerprint density at radius 3 is 0.924 bits per heavy atom. The molecule has 0 amide bonds. The third kappa shape index (κ3) is 10.9.